The summed E-state index contributed by atoms with van der Waals surface area (Å²) in [5.41, 5.74) is 6.86. The van der Waals surface area contributed by atoms with Crippen LogP contribution in [0.25, 0.3) is 0 Å². The number of halogens is 2. The summed E-state index contributed by atoms with van der Waals surface area (Å²) in [6.45, 7) is 2.23. The van der Waals surface area contributed by atoms with Gasteiger partial charge in [-0.25, -0.2) is 0 Å². The number of phenolic OH excluding ortho intramolecular Hbond substituents is 1. The Morgan fingerprint density at radius 1 is 1.42 bits per heavy atom. The standard InChI is InChI=1S/C16H22Cl2N2O4/c1-8-6-20(16(24)14(23)7-21)3-2-9(8)15(19)10-4-11(17)12(18)5-13(10)22/h4-5,8-9,14-15,21-23H,2-3,6-7,19H2,1H3/t8-,9+,14+,15+/m0/s1. The Kier molecular flexibility index (Phi) is 6.33. The zero-order valence-electron chi connectivity index (χ0n) is 13.3. The van der Waals surface area contributed by atoms with Crippen molar-refractivity contribution in [3.05, 3.63) is 27.7 Å². The van der Waals surface area contributed by atoms with Crippen molar-refractivity contribution in [2.45, 2.75) is 25.5 Å². The minimum absolute atomic E-state index is 0.00157. The lowest BCUT2D eigenvalue weighted by atomic mass is 9.79. The van der Waals surface area contributed by atoms with Crippen molar-refractivity contribution < 1.29 is 20.1 Å². The number of piperidine rings is 1. The van der Waals surface area contributed by atoms with E-state index in [-0.39, 0.29) is 22.6 Å². The van der Waals surface area contributed by atoms with E-state index in [2.05, 4.69) is 0 Å². The average Bonchev–Trinajstić information content (AvgIpc) is 2.56. The van der Waals surface area contributed by atoms with Gasteiger partial charge in [-0.1, -0.05) is 30.1 Å². The molecule has 1 aromatic carbocycles. The summed E-state index contributed by atoms with van der Waals surface area (Å²) in [7, 11) is 0. The average molecular weight is 377 g/mol. The first-order chi connectivity index (χ1) is 11.3. The largest absolute Gasteiger partial charge is 0.508 e. The highest BCUT2D eigenvalue weighted by atomic mass is 35.5. The van der Waals surface area contributed by atoms with Gasteiger partial charge in [0.15, 0.2) is 6.10 Å². The fourth-order valence-corrected chi connectivity index (χ4v) is 3.57. The fourth-order valence-electron chi connectivity index (χ4n) is 3.24. The molecule has 1 fully saturated rings. The maximum atomic E-state index is 12.0. The quantitative estimate of drug-likeness (QED) is 0.637. The molecule has 0 radical (unpaired) electrons. The summed E-state index contributed by atoms with van der Waals surface area (Å²) >= 11 is 11.9. The van der Waals surface area contributed by atoms with Crippen LogP contribution in [0.4, 0.5) is 0 Å². The molecule has 6 nitrogen and oxygen atoms in total. The maximum absolute atomic E-state index is 12.0. The van der Waals surface area contributed by atoms with Crippen molar-refractivity contribution in [1.29, 1.82) is 0 Å². The number of aliphatic hydroxyl groups excluding tert-OH is 2. The lowest BCUT2D eigenvalue weighted by molar-refractivity contribution is -0.144. The van der Waals surface area contributed by atoms with Crippen LogP contribution in [0.1, 0.15) is 24.9 Å². The van der Waals surface area contributed by atoms with Gasteiger partial charge in [-0.2, -0.15) is 0 Å². The molecule has 2 rings (SSSR count). The molecular weight excluding hydrogens is 355 g/mol. The third-order valence-corrected chi connectivity index (χ3v) is 5.35. The number of hydrogen-bond acceptors (Lipinski definition) is 5. The number of carbonyl (C=O) groups excluding carboxylic acids is 1. The van der Waals surface area contributed by atoms with Crippen molar-refractivity contribution in [1.82, 2.24) is 4.90 Å². The van der Waals surface area contributed by atoms with E-state index >= 15 is 0 Å². The fraction of sp³-hybridized carbons (Fsp3) is 0.562. The van der Waals surface area contributed by atoms with Crippen LogP contribution in [-0.4, -0.2) is 51.9 Å². The van der Waals surface area contributed by atoms with E-state index in [1.54, 1.807) is 6.07 Å². The Morgan fingerprint density at radius 2 is 2.04 bits per heavy atom. The molecule has 1 heterocycles. The second-order valence-corrected chi connectivity index (χ2v) is 7.08. The molecule has 1 aliphatic rings. The zero-order valence-corrected chi connectivity index (χ0v) is 14.8. The van der Waals surface area contributed by atoms with Crippen LogP contribution in [-0.2, 0) is 4.79 Å². The van der Waals surface area contributed by atoms with Crippen LogP contribution in [0.2, 0.25) is 10.0 Å². The molecule has 1 aliphatic heterocycles. The number of likely N-dealkylation sites (tertiary alicyclic amines) is 1. The summed E-state index contributed by atoms with van der Waals surface area (Å²) < 4.78 is 0. The van der Waals surface area contributed by atoms with Gasteiger partial charge in [0.2, 0.25) is 0 Å². The summed E-state index contributed by atoms with van der Waals surface area (Å²) in [4.78, 5) is 13.5. The van der Waals surface area contributed by atoms with Crippen molar-refractivity contribution in [3.63, 3.8) is 0 Å². The highest BCUT2D eigenvalue weighted by Crippen LogP contribution is 2.39. The number of carbonyl (C=O) groups is 1. The van der Waals surface area contributed by atoms with E-state index in [9.17, 15) is 15.0 Å². The van der Waals surface area contributed by atoms with Crippen molar-refractivity contribution in [3.8, 4) is 5.75 Å². The molecule has 0 spiro atoms. The number of phenols is 1. The number of rotatable bonds is 4. The van der Waals surface area contributed by atoms with Crippen molar-refractivity contribution in [2.75, 3.05) is 19.7 Å². The topological polar surface area (TPSA) is 107 Å². The van der Waals surface area contributed by atoms with Crippen LogP contribution in [0.15, 0.2) is 12.1 Å². The summed E-state index contributed by atoms with van der Waals surface area (Å²) in [6, 6.07) is 2.50. The van der Waals surface area contributed by atoms with Gasteiger partial charge in [-0.05, 0) is 24.3 Å². The highest BCUT2D eigenvalue weighted by molar-refractivity contribution is 6.42. The molecule has 0 unspecified atom stereocenters. The van der Waals surface area contributed by atoms with E-state index in [1.807, 2.05) is 6.92 Å². The second-order valence-electron chi connectivity index (χ2n) is 6.26. The second kappa shape index (κ2) is 7.89. The first-order valence-electron chi connectivity index (χ1n) is 7.77. The molecule has 0 bridgehead atoms. The molecule has 0 aliphatic carbocycles. The zero-order chi connectivity index (χ0) is 18.0. The molecule has 24 heavy (non-hydrogen) atoms. The normalized spacial score (nSPS) is 23.8. The lowest BCUT2D eigenvalue weighted by Gasteiger charge is -2.40. The van der Waals surface area contributed by atoms with E-state index in [0.29, 0.717) is 30.1 Å². The molecule has 0 aromatic heterocycles. The lowest BCUT2D eigenvalue weighted by Crippen LogP contribution is -2.49. The summed E-state index contributed by atoms with van der Waals surface area (Å²) in [6.07, 6.45) is -0.770. The number of nitrogens with zero attached hydrogens (tertiary/aromatic N) is 1. The van der Waals surface area contributed by atoms with E-state index < -0.39 is 24.7 Å². The Balaban J connectivity index is 2.12. The molecule has 1 aromatic rings. The maximum Gasteiger partial charge on any atom is 0.253 e. The Labute approximate surface area is 150 Å². The smallest absolute Gasteiger partial charge is 0.253 e. The Hall–Kier alpha value is -1.05. The summed E-state index contributed by atoms with van der Waals surface area (Å²) in [5.74, 6) is -0.395. The first kappa shape index (κ1) is 19.3. The van der Waals surface area contributed by atoms with Gasteiger partial charge < -0.3 is 26.0 Å². The molecule has 8 heteroatoms. The molecule has 0 saturated carbocycles. The first-order valence-corrected chi connectivity index (χ1v) is 8.53. The van der Waals surface area contributed by atoms with Crippen LogP contribution >= 0.6 is 23.2 Å². The van der Waals surface area contributed by atoms with Gasteiger partial charge in [0.1, 0.15) is 5.75 Å². The van der Waals surface area contributed by atoms with Gasteiger partial charge in [-0.3, -0.25) is 4.79 Å². The molecule has 1 saturated heterocycles. The predicted molar refractivity (Wildman–Crippen MR) is 92.0 cm³/mol. The number of hydrogen-bond donors (Lipinski definition) is 4. The third-order valence-electron chi connectivity index (χ3n) is 4.63. The minimum Gasteiger partial charge on any atom is -0.508 e. The van der Waals surface area contributed by atoms with Crippen molar-refractivity contribution >= 4 is 29.1 Å². The SMILES string of the molecule is C[C@H]1CN(C(=O)[C@H](O)CO)CC[C@H]1[C@@H](N)c1cc(Cl)c(Cl)cc1O. The molecular formula is C16H22Cl2N2O4. The number of nitrogens with two attached hydrogens (primary N) is 1. The number of amides is 1. The van der Waals surface area contributed by atoms with Crippen LogP contribution in [0.5, 0.6) is 5.75 Å². The van der Waals surface area contributed by atoms with Gasteiger partial charge in [-0.15, -0.1) is 0 Å². The van der Waals surface area contributed by atoms with Crippen molar-refractivity contribution in [2.24, 2.45) is 17.6 Å². The van der Waals surface area contributed by atoms with E-state index in [0.717, 1.165) is 0 Å². The summed E-state index contributed by atoms with van der Waals surface area (Å²) in [5, 5.41) is 29.1. The van der Waals surface area contributed by atoms with Gasteiger partial charge in [0.25, 0.3) is 5.91 Å². The number of benzene rings is 1. The van der Waals surface area contributed by atoms with Crippen LogP contribution in [0.3, 0.4) is 0 Å². The molecule has 134 valence electrons. The predicted octanol–water partition coefficient (Wildman–Crippen LogP) is 1.54. The van der Waals surface area contributed by atoms with Gasteiger partial charge >= 0.3 is 0 Å². The Morgan fingerprint density at radius 3 is 2.62 bits per heavy atom. The molecule has 4 atom stereocenters. The van der Waals surface area contributed by atoms with E-state index in [1.165, 1.54) is 11.0 Å². The Bertz CT molecular complexity index is 614. The van der Waals surface area contributed by atoms with Gasteiger partial charge in [0, 0.05) is 30.8 Å². The highest BCUT2D eigenvalue weighted by Gasteiger charge is 2.35. The van der Waals surface area contributed by atoms with Crippen LogP contribution in [0, 0.1) is 11.8 Å². The number of aliphatic hydroxyl groups is 2. The van der Waals surface area contributed by atoms with Gasteiger partial charge in [0.05, 0.1) is 16.7 Å². The molecule has 5 N–H and O–H groups in total. The minimum atomic E-state index is -1.39. The third kappa shape index (κ3) is 3.95. The number of aromatic hydroxyl groups is 1. The molecule has 1 amide bonds. The van der Waals surface area contributed by atoms with Crippen LogP contribution < -0.4 is 5.73 Å². The monoisotopic (exact) mass is 376 g/mol. The van der Waals surface area contributed by atoms with E-state index in [4.69, 9.17) is 34.0 Å².